The van der Waals surface area contributed by atoms with Gasteiger partial charge in [0.05, 0.1) is 11.5 Å². The SMILES string of the molecule is Cc1ccc2onc(CNC(=O)N3CCN(c4ccc([N+](=O)[O-])cc4)CC3)c2c1. The van der Waals surface area contributed by atoms with Gasteiger partial charge in [-0.05, 0) is 31.2 Å². The van der Waals surface area contributed by atoms with E-state index in [1.54, 1.807) is 17.0 Å². The molecule has 1 aliphatic rings. The van der Waals surface area contributed by atoms with Crippen molar-refractivity contribution in [3.63, 3.8) is 0 Å². The van der Waals surface area contributed by atoms with Gasteiger partial charge in [-0.3, -0.25) is 10.1 Å². The van der Waals surface area contributed by atoms with E-state index < -0.39 is 4.92 Å². The third kappa shape index (κ3) is 3.98. The standard InChI is InChI=1S/C20H21N5O4/c1-14-2-7-19-17(12-14)18(22-29-19)13-21-20(26)24-10-8-23(9-11-24)15-3-5-16(6-4-15)25(27)28/h2-7,12H,8-11,13H2,1H3,(H,21,26). The molecule has 1 N–H and O–H groups in total. The summed E-state index contributed by atoms with van der Waals surface area (Å²) in [6, 6.07) is 12.2. The molecule has 0 bridgehead atoms. The maximum Gasteiger partial charge on any atom is 0.317 e. The number of non-ortho nitro benzene ring substituents is 1. The number of carbonyl (C=O) groups excluding carboxylic acids is 1. The average Bonchev–Trinajstić information content (AvgIpc) is 3.14. The number of nitrogens with zero attached hydrogens (tertiary/aromatic N) is 4. The van der Waals surface area contributed by atoms with Crippen LogP contribution in [0.2, 0.25) is 0 Å². The molecular weight excluding hydrogens is 374 g/mol. The highest BCUT2D eigenvalue weighted by Crippen LogP contribution is 2.21. The summed E-state index contributed by atoms with van der Waals surface area (Å²) in [5, 5.41) is 18.7. The first-order chi connectivity index (χ1) is 14.0. The summed E-state index contributed by atoms with van der Waals surface area (Å²) >= 11 is 0. The third-order valence-corrected chi connectivity index (χ3v) is 5.10. The van der Waals surface area contributed by atoms with Gasteiger partial charge in [0, 0.05) is 49.4 Å². The van der Waals surface area contributed by atoms with Gasteiger partial charge in [0.1, 0.15) is 5.69 Å². The second-order valence-electron chi connectivity index (χ2n) is 7.04. The third-order valence-electron chi connectivity index (χ3n) is 5.10. The lowest BCUT2D eigenvalue weighted by Crippen LogP contribution is -2.51. The van der Waals surface area contributed by atoms with Crippen molar-refractivity contribution in [3.8, 4) is 0 Å². The van der Waals surface area contributed by atoms with Gasteiger partial charge in [0.15, 0.2) is 5.58 Å². The van der Waals surface area contributed by atoms with Crippen LogP contribution in [0.25, 0.3) is 11.0 Å². The first-order valence-electron chi connectivity index (χ1n) is 9.38. The highest BCUT2D eigenvalue weighted by Gasteiger charge is 2.22. The van der Waals surface area contributed by atoms with Crippen molar-refractivity contribution in [2.75, 3.05) is 31.1 Å². The number of rotatable bonds is 4. The van der Waals surface area contributed by atoms with Crippen LogP contribution in [0, 0.1) is 17.0 Å². The molecule has 0 atom stereocenters. The molecule has 1 saturated heterocycles. The van der Waals surface area contributed by atoms with Crippen LogP contribution in [0.3, 0.4) is 0 Å². The maximum absolute atomic E-state index is 12.5. The van der Waals surface area contributed by atoms with E-state index in [4.69, 9.17) is 4.52 Å². The van der Waals surface area contributed by atoms with E-state index in [0.717, 1.165) is 16.6 Å². The van der Waals surface area contributed by atoms with Crippen LogP contribution in [-0.2, 0) is 6.54 Å². The van der Waals surface area contributed by atoms with Gasteiger partial charge in [0.2, 0.25) is 0 Å². The summed E-state index contributed by atoms with van der Waals surface area (Å²) in [5.74, 6) is 0. The van der Waals surface area contributed by atoms with E-state index in [1.165, 1.54) is 12.1 Å². The zero-order valence-electron chi connectivity index (χ0n) is 16.0. The number of amides is 2. The highest BCUT2D eigenvalue weighted by atomic mass is 16.6. The molecule has 1 aliphatic heterocycles. The Bertz CT molecular complexity index is 1040. The monoisotopic (exact) mass is 395 g/mol. The number of anilines is 1. The van der Waals surface area contributed by atoms with Crippen LogP contribution in [0.4, 0.5) is 16.2 Å². The molecule has 2 amide bonds. The molecular formula is C20H21N5O4. The number of hydrogen-bond donors (Lipinski definition) is 1. The minimum Gasteiger partial charge on any atom is -0.368 e. The van der Waals surface area contributed by atoms with E-state index in [1.807, 2.05) is 25.1 Å². The van der Waals surface area contributed by atoms with Gasteiger partial charge in [-0.25, -0.2) is 4.79 Å². The van der Waals surface area contributed by atoms with Crippen LogP contribution in [0.5, 0.6) is 0 Å². The zero-order chi connectivity index (χ0) is 20.4. The summed E-state index contributed by atoms with van der Waals surface area (Å²) in [6.45, 7) is 4.77. The Morgan fingerprint density at radius 3 is 2.59 bits per heavy atom. The van der Waals surface area contributed by atoms with E-state index in [-0.39, 0.29) is 11.7 Å². The lowest BCUT2D eigenvalue weighted by atomic mass is 10.1. The maximum atomic E-state index is 12.5. The Morgan fingerprint density at radius 1 is 1.17 bits per heavy atom. The van der Waals surface area contributed by atoms with Crippen molar-refractivity contribution in [1.82, 2.24) is 15.4 Å². The molecule has 1 aromatic heterocycles. The number of urea groups is 1. The Hall–Kier alpha value is -3.62. The molecule has 9 nitrogen and oxygen atoms in total. The number of nitro benzene ring substituents is 1. The Balaban J connectivity index is 1.31. The van der Waals surface area contributed by atoms with Gasteiger partial charge in [-0.15, -0.1) is 0 Å². The van der Waals surface area contributed by atoms with Gasteiger partial charge in [-0.2, -0.15) is 0 Å². The van der Waals surface area contributed by atoms with Gasteiger partial charge in [-0.1, -0.05) is 16.8 Å². The molecule has 29 heavy (non-hydrogen) atoms. The second-order valence-corrected chi connectivity index (χ2v) is 7.04. The Morgan fingerprint density at radius 2 is 1.90 bits per heavy atom. The molecule has 1 fully saturated rings. The fourth-order valence-electron chi connectivity index (χ4n) is 3.45. The molecule has 0 radical (unpaired) electrons. The fourth-order valence-corrected chi connectivity index (χ4v) is 3.45. The molecule has 4 rings (SSSR count). The topological polar surface area (TPSA) is 105 Å². The summed E-state index contributed by atoms with van der Waals surface area (Å²) in [7, 11) is 0. The van der Waals surface area contributed by atoms with E-state index in [0.29, 0.717) is 44.0 Å². The molecule has 0 unspecified atom stereocenters. The number of aryl methyl sites for hydroxylation is 1. The summed E-state index contributed by atoms with van der Waals surface area (Å²) < 4.78 is 5.30. The molecule has 9 heteroatoms. The molecule has 150 valence electrons. The van der Waals surface area contributed by atoms with E-state index >= 15 is 0 Å². The van der Waals surface area contributed by atoms with Crippen LogP contribution in [0.1, 0.15) is 11.3 Å². The normalized spacial score (nSPS) is 14.2. The number of benzene rings is 2. The summed E-state index contributed by atoms with van der Waals surface area (Å²) in [6.07, 6.45) is 0. The molecule has 3 aromatic rings. The van der Waals surface area contributed by atoms with E-state index in [2.05, 4.69) is 15.4 Å². The van der Waals surface area contributed by atoms with Gasteiger partial charge in [0.25, 0.3) is 5.69 Å². The first-order valence-corrected chi connectivity index (χ1v) is 9.38. The highest BCUT2D eigenvalue weighted by molar-refractivity contribution is 5.81. The lowest BCUT2D eigenvalue weighted by molar-refractivity contribution is -0.384. The van der Waals surface area contributed by atoms with Crippen molar-refractivity contribution in [3.05, 3.63) is 63.8 Å². The molecule has 2 heterocycles. The quantitative estimate of drug-likeness (QED) is 0.538. The lowest BCUT2D eigenvalue weighted by Gasteiger charge is -2.36. The number of nitrogens with one attached hydrogen (secondary N) is 1. The molecule has 0 saturated carbocycles. The summed E-state index contributed by atoms with van der Waals surface area (Å²) in [4.78, 5) is 26.8. The average molecular weight is 395 g/mol. The Kier molecular flexibility index (Phi) is 5.03. The van der Waals surface area contributed by atoms with Crippen molar-refractivity contribution >= 4 is 28.4 Å². The van der Waals surface area contributed by atoms with Gasteiger partial charge >= 0.3 is 6.03 Å². The number of nitro groups is 1. The number of fused-ring (bicyclic) bond motifs is 1. The van der Waals surface area contributed by atoms with Crippen molar-refractivity contribution in [2.45, 2.75) is 13.5 Å². The molecule has 0 aliphatic carbocycles. The molecule has 2 aromatic carbocycles. The predicted octanol–water partition coefficient (Wildman–Crippen LogP) is 3.08. The number of hydrogen-bond acceptors (Lipinski definition) is 6. The van der Waals surface area contributed by atoms with Crippen molar-refractivity contribution < 1.29 is 14.2 Å². The van der Waals surface area contributed by atoms with Crippen LogP contribution >= 0.6 is 0 Å². The van der Waals surface area contributed by atoms with E-state index in [9.17, 15) is 14.9 Å². The minimum atomic E-state index is -0.411. The smallest absolute Gasteiger partial charge is 0.317 e. The van der Waals surface area contributed by atoms with Crippen LogP contribution in [-0.4, -0.2) is 47.2 Å². The second kappa shape index (κ2) is 7.78. The zero-order valence-corrected chi connectivity index (χ0v) is 16.0. The minimum absolute atomic E-state index is 0.0716. The Labute approximate surface area is 167 Å². The van der Waals surface area contributed by atoms with Crippen molar-refractivity contribution in [2.24, 2.45) is 0 Å². The van der Waals surface area contributed by atoms with Crippen molar-refractivity contribution in [1.29, 1.82) is 0 Å². The first kappa shape index (κ1) is 18.7. The summed E-state index contributed by atoms with van der Waals surface area (Å²) in [5.41, 5.74) is 3.51. The van der Waals surface area contributed by atoms with Crippen LogP contribution < -0.4 is 10.2 Å². The van der Waals surface area contributed by atoms with Gasteiger partial charge < -0.3 is 19.6 Å². The largest absolute Gasteiger partial charge is 0.368 e. The number of carbonyl (C=O) groups is 1. The predicted molar refractivity (Wildman–Crippen MR) is 108 cm³/mol. The number of piperazine rings is 1. The molecule has 0 spiro atoms. The fraction of sp³-hybridized carbons (Fsp3) is 0.300. The number of aromatic nitrogens is 1. The van der Waals surface area contributed by atoms with Crippen LogP contribution in [0.15, 0.2) is 47.0 Å².